The van der Waals surface area contributed by atoms with Gasteiger partial charge in [-0.25, -0.2) is 0 Å². The Morgan fingerprint density at radius 2 is 2.25 bits per heavy atom. The lowest BCUT2D eigenvalue weighted by Crippen LogP contribution is -2.03. The van der Waals surface area contributed by atoms with E-state index >= 15 is 0 Å². The van der Waals surface area contributed by atoms with E-state index in [2.05, 4.69) is 33.6 Å². The minimum Gasteiger partial charge on any atom is -0.294 e. The highest BCUT2D eigenvalue weighted by Gasteiger charge is 2.12. The summed E-state index contributed by atoms with van der Waals surface area (Å²) in [5.74, 6) is 0.783. The fourth-order valence-electron chi connectivity index (χ4n) is 2.12. The maximum atomic E-state index is 5.35. The van der Waals surface area contributed by atoms with Gasteiger partial charge in [0.05, 0.1) is 6.54 Å². The van der Waals surface area contributed by atoms with Crippen LogP contribution in [0.3, 0.4) is 0 Å². The van der Waals surface area contributed by atoms with Gasteiger partial charge >= 0.3 is 0 Å². The lowest BCUT2D eigenvalue weighted by atomic mass is 10.2. The number of pyridine rings is 1. The molecule has 3 rings (SSSR count). The predicted octanol–water partition coefficient (Wildman–Crippen LogP) is 3.67. The van der Waals surface area contributed by atoms with Gasteiger partial charge in [0.25, 0.3) is 0 Å². The van der Waals surface area contributed by atoms with Crippen LogP contribution in [0.15, 0.2) is 35.8 Å². The van der Waals surface area contributed by atoms with Crippen molar-refractivity contribution in [2.24, 2.45) is 0 Å². The van der Waals surface area contributed by atoms with Crippen molar-refractivity contribution in [3.05, 3.63) is 51.1 Å². The highest BCUT2D eigenvalue weighted by Crippen LogP contribution is 2.22. The van der Waals surface area contributed by atoms with Crippen molar-refractivity contribution >= 4 is 23.6 Å². The molecule has 0 saturated carbocycles. The SMILES string of the molecule is CCc1ccsc1Cn1c(-c2ccccn2)n[nH]c1=S. The molecule has 0 aliphatic rings. The summed E-state index contributed by atoms with van der Waals surface area (Å²) in [6.07, 6.45) is 2.79. The maximum absolute atomic E-state index is 5.35. The molecule has 0 aliphatic heterocycles. The number of H-pyrrole nitrogens is 1. The van der Waals surface area contributed by atoms with Gasteiger partial charge in [-0.2, -0.15) is 5.10 Å². The van der Waals surface area contributed by atoms with E-state index in [0.717, 1.165) is 24.5 Å². The molecule has 102 valence electrons. The minimum absolute atomic E-state index is 0.626. The molecule has 20 heavy (non-hydrogen) atoms. The number of nitrogens with one attached hydrogen (secondary N) is 1. The largest absolute Gasteiger partial charge is 0.294 e. The van der Waals surface area contributed by atoms with Crippen LogP contribution >= 0.6 is 23.6 Å². The Morgan fingerprint density at radius 1 is 1.35 bits per heavy atom. The van der Waals surface area contributed by atoms with Crippen LogP contribution in [0.4, 0.5) is 0 Å². The molecule has 0 aromatic carbocycles. The molecule has 1 N–H and O–H groups in total. The van der Waals surface area contributed by atoms with Crippen molar-refractivity contribution in [2.45, 2.75) is 19.9 Å². The van der Waals surface area contributed by atoms with Crippen LogP contribution in [0.2, 0.25) is 0 Å². The lowest BCUT2D eigenvalue weighted by Gasteiger charge is -2.06. The van der Waals surface area contributed by atoms with Gasteiger partial charge < -0.3 is 0 Å². The van der Waals surface area contributed by atoms with E-state index in [-0.39, 0.29) is 0 Å². The zero-order valence-electron chi connectivity index (χ0n) is 11.0. The molecule has 0 bridgehead atoms. The van der Waals surface area contributed by atoms with Gasteiger partial charge in [-0.15, -0.1) is 11.3 Å². The summed E-state index contributed by atoms with van der Waals surface area (Å²) in [6.45, 7) is 2.90. The molecule has 4 nitrogen and oxygen atoms in total. The van der Waals surface area contributed by atoms with Crippen molar-refractivity contribution in [1.29, 1.82) is 0 Å². The van der Waals surface area contributed by atoms with Crippen LogP contribution < -0.4 is 0 Å². The third kappa shape index (κ3) is 2.44. The molecule has 0 radical (unpaired) electrons. The summed E-state index contributed by atoms with van der Waals surface area (Å²) in [6, 6.07) is 7.96. The summed E-state index contributed by atoms with van der Waals surface area (Å²) in [5, 5.41) is 9.30. The molecule has 0 atom stereocenters. The van der Waals surface area contributed by atoms with Crippen molar-refractivity contribution in [2.75, 3.05) is 0 Å². The van der Waals surface area contributed by atoms with Crippen molar-refractivity contribution < 1.29 is 0 Å². The van der Waals surface area contributed by atoms with Crippen molar-refractivity contribution in [1.82, 2.24) is 19.7 Å². The molecule has 0 aliphatic carbocycles. The molecule has 0 fully saturated rings. The number of aromatic nitrogens is 4. The third-order valence-electron chi connectivity index (χ3n) is 3.17. The molecule has 0 unspecified atom stereocenters. The molecule has 3 aromatic heterocycles. The molecular formula is C14H14N4S2. The Balaban J connectivity index is 2.02. The maximum Gasteiger partial charge on any atom is 0.195 e. The fraction of sp³-hybridized carbons (Fsp3) is 0.214. The van der Waals surface area contributed by atoms with Crippen molar-refractivity contribution in [3.8, 4) is 11.5 Å². The van der Waals surface area contributed by atoms with Crippen LogP contribution in [0.25, 0.3) is 11.5 Å². The summed E-state index contributed by atoms with van der Waals surface area (Å²) in [4.78, 5) is 5.67. The molecule has 6 heteroatoms. The number of rotatable bonds is 4. The second kappa shape index (κ2) is 5.68. The summed E-state index contributed by atoms with van der Waals surface area (Å²) in [7, 11) is 0. The summed E-state index contributed by atoms with van der Waals surface area (Å²) >= 11 is 7.10. The Kier molecular flexibility index (Phi) is 3.75. The van der Waals surface area contributed by atoms with Crippen LogP contribution in [-0.2, 0) is 13.0 Å². The molecule has 3 aromatic rings. The quantitative estimate of drug-likeness (QED) is 0.748. The van der Waals surface area contributed by atoms with Crippen LogP contribution in [0.5, 0.6) is 0 Å². The molecule has 3 heterocycles. The van der Waals surface area contributed by atoms with E-state index < -0.39 is 0 Å². The first-order valence-electron chi connectivity index (χ1n) is 6.41. The molecular weight excluding hydrogens is 288 g/mol. The summed E-state index contributed by atoms with van der Waals surface area (Å²) < 4.78 is 2.63. The van der Waals surface area contributed by atoms with Crippen LogP contribution in [0, 0.1) is 4.77 Å². The monoisotopic (exact) mass is 302 g/mol. The molecule has 0 spiro atoms. The average molecular weight is 302 g/mol. The Morgan fingerprint density at radius 3 is 3.00 bits per heavy atom. The van der Waals surface area contributed by atoms with Crippen molar-refractivity contribution in [3.63, 3.8) is 0 Å². The Labute approximate surface area is 126 Å². The number of aryl methyl sites for hydroxylation is 1. The van der Waals surface area contributed by atoms with Crippen LogP contribution in [-0.4, -0.2) is 19.7 Å². The normalized spacial score (nSPS) is 10.8. The number of hydrogen-bond donors (Lipinski definition) is 1. The smallest absolute Gasteiger partial charge is 0.195 e. The second-order valence-corrected chi connectivity index (χ2v) is 5.76. The van der Waals surface area contributed by atoms with Gasteiger partial charge in [0.2, 0.25) is 0 Å². The van der Waals surface area contributed by atoms with E-state index in [1.807, 2.05) is 22.8 Å². The first-order chi connectivity index (χ1) is 9.79. The van der Waals surface area contributed by atoms with E-state index in [1.54, 1.807) is 17.5 Å². The van der Waals surface area contributed by atoms with E-state index in [9.17, 15) is 0 Å². The van der Waals surface area contributed by atoms with Gasteiger partial charge in [0.15, 0.2) is 10.6 Å². The zero-order chi connectivity index (χ0) is 13.9. The Hall–Kier alpha value is -1.79. The first kappa shape index (κ1) is 13.2. The van der Waals surface area contributed by atoms with Gasteiger partial charge in [-0.1, -0.05) is 13.0 Å². The fourth-order valence-corrected chi connectivity index (χ4v) is 3.28. The van der Waals surface area contributed by atoms with Gasteiger partial charge in [0, 0.05) is 11.1 Å². The van der Waals surface area contributed by atoms with Gasteiger partial charge in [-0.3, -0.25) is 14.6 Å². The highest BCUT2D eigenvalue weighted by atomic mass is 32.1. The average Bonchev–Trinajstić information content (AvgIpc) is 3.08. The number of nitrogens with zero attached hydrogens (tertiary/aromatic N) is 3. The van der Waals surface area contributed by atoms with E-state index in [1.165, 1.54) is 10.4 Å². The Bertz CT molecular complexity index is 755. The number of hydrogen-bond acceptors (Lipinski definition) is 4. The lowest BCUT2D eigenvalue weighted by molar-refractivity contribution is 0.791. The highest BCUT2D eigenvalue weighted by molar-refractivity contribution is 7.71. The number of thiophene rings is 1. The number of aromatic amines is 1. The molecule has 0 amide bonds. The van der Waals surface area contributed by atoms with Gasteiger partial charge in [-0.05, 0) is 47.8 Å². The minimum atomic E-state index is 0.626. The molecule has 0 saturated heterocycles. The summed E-state index contributed by atoms with van der Waals surface area (Å²) in [5.41, 5.74) is 2.19. The second-order valence-electron chi connectivity index (χ2n) is 4.38. The topological polar surface area (TPSA) is 46.5 Å². The first-order valence-corrected chi connectivity index (χ1v) is 7.70. The van der Waals surface area contributed by atoms with Crippen LogP contribution in [0.1, 0.15) is 17.4 Å². The van der Waals surface area contributed by atoms with E-state index in [0.29, 0.717) is 4.77 Å². The van der Waals surface area contributed by atoms with Gasteiger partial charge in [0.1, 0.15) is 5.69 Å². The third-order valence-corrected chi connectivity index (χ3v) is 4.43. The van der Waals surface area contributed by atoms with E-state index in [4.69, 9.17) is 12.2 Å². The predicted molar refractivity (Wildman–Crippen MR) is 83.4 cm³/mol. The standard InChI is InChI=1S/C14H14N4S2/c1-2-10-6-8-20-12(10)9-18-13(16-17-14(18)19)11-5-3-4-7-15-11/h3-8H,2,9H2,1H3,(H,17,19). The zero-order valence-corrected chi connectivity index (χ0v) is 12.7.